The first-order valence-corrected chi connectivity index (χ1v) is 8.94. The van der Waals surface area contributed by atoms with Crippen LogP contribution in [0.4, 0.5) is 0 Å². The highest BCUT2D eigenvalue weighted by Crippen LogP contribution is 2.44. The molecule has 0 aliphatic carbocycles. The number of carboxylic acid groups (broad SMARTS) is 1. The number of phenolic OH excluding ortho intramolecular Hbond substituents is 4. The molecule has 2 aromatic carbocycles. The van der Waals surface area contributed by atoms with Crippen molar-refractivity contribution in [2.75, 3.05) is 0 Å². The average molecular weight is 415 g/mol. The van der Waals surface area contributed by atoms with Crippen molar-refractivity contribution < 1.29 is 39.9 Å². The Morgan fingerprint density at radius 2 is 1.70 bits per heavy atom. The molecule has 4 rings (SSSR count). The van der Waals surface area contributed by atoms with Gasteiger partial charge < -0.3 is 35.1 Å². The first-order valence-electron chi connectivity index (χ1n) is 8.94. The Hall–Kier alpha value is -3.92. The number of nitrogens with one attached hydrogen (secondary N) is 1. The predicted octanol–water partition coefficient (Wildman–Crippen LogP) is 1.87. The van der Waals surface area contributed by atoms with Crippen LogP contribution in [-0.2, 0) is 4.79 Å². The number of carbonyl (C=O) groups is 1. The average Bonchev–Trinajstić information content (AvgIpc) is 3.16. The minimum Gasteiger partial charge on any atom is -0.507 e. The number of carboxylic acids is 1. The smallest absolute Gasteiger partial charge is 0.320 e. The first-order chi connectivity index (χ1) is 14.2. The molecule has 10 nitrogen and oxygen atoms in total. The van der Waals surface area contributed by atoms with Crippen molar-refractivity contribution in [1.82, 2.24) is 5.32 Å². The second-order valence-electron chi connectivity index (χ2n) is 7.03. The van der Waals surface area contributed by atoms with Crippen LogP contribution in [0.25, 0.3) is 22.3 Å². The number of fused-ring (bicyclic) bond motifs is 1. The van der Waals surface area contributed by atoms with Gasteiger partial charge in [-0.2, -0.15) is 0 Å². The Morgan fingerprint density at radius 1 is 0.967 bits per heavy atom. The number of aromatic hydroxyl groups is 5. The minimum atomic E-state index is -1.07. The lowest BCUT2D eigenvalue weighted by Crippen LogP contribution is -2.31. The fourth-order valence-electron chi connectivity index (χ4n) is 3.70. The summed E-state index contributed by atoms with van der Waals surface area (Å²) in [5.74, 6) is -4.21. The predicted molar refractivity (Wildman–Crippen MR) is 103 cm³/mol. The molecule has 0 spiro atoms. The van der Waals surface area contributed by atoms with Gasteiger partial charge in [0.25, 0.3) is 0 Å². The van der Waals surface area contributed by atoms with Gasteiger partial charge >= 0.3 is 5.97 Å². The summed E-state index contributed by atoms with van der Waals surface area (Å²) in [6.07, 6.45) is 0.561. The van der Waals surface area contributed by atoms with E-state index < -0.39 is 52.2 Å². The van der Waals surface area contributed by atoms with Crippen LogP contribution >= 0.6 is 0 Å². The van der Waals surface area contributed by atoms with E-state index in [1.54, 1.807) is 0 Å². The molecular weight excluding hydrogens is 398 g/mol. The summed E-state index contributed by atoms with van der Waals surface area (Å²) in [7, 11) is 0. The molecule has 1 aliphatic heterocycles. The van der Waals surface area contributed by atoms with Gasteiger partial charge in [-0.3, -0.25) is 14.9 Å². The van der Waals surface area contributed by atoms with E-state index in [0.29, 0.717) is 6.42 Å². The summed E-state index contributed by atoms with van der Waals surface area (Å²) in [6.45, 7) is 0. The van der Waals surface area contributed by atoms with Gasteiger partial charge in [0.1, 0.15) is 28.5 Å². The maximum absolute atomic E-state index is 12.8. The fourth-order valence-corrected chi connectivity index (χ4v) is 3.70. The van der Waals surface area contributed by atoms with Crippen molar-refractivity contribution in [3.8, 4) is 40.1 Å². The standard InChI is InChI=1S/C20H17NO9/c22-10-4-1-7(5-11(10)23)19-18(27)17(26)15-13(30-19)6-12(24)14(16(15)25)8-2-3-9(21-8)20(28)29/h1,4-6,8-9,21-25,27H,2-3H2,(H,28,29)/t8-,9-/m0/s1. The van der Waals surface area contributed by atoms with Gasteiger partial charge in [-0.1, -0.05) is 0 Å². The van der Waals surface area contributed by atoms with Crippen molar-refractivity contribution in [2.24, 2.45) is 0 Å². The molecule has 2 heterocycles. The summed E-state index contributed by atoms with van der Waals surface area (Å²) in [4.78, 5) is 23.9. The Morgan fingerprint density at radius 3 is 2.33 bits per heavy atom. The van der Waals surface area contributed by atoms with E-state index in [9.17, 15) is 35.1 Å². The maximum Gasteiger partial charge on any atom is 0.320 e. The second kappa shape index (κ2) is 6.85. The van der Waals surface area contributed by atoms with Gasteiger partial charge in [-0.05, 0) is 31.0 Å². The zero-order valence-electron chi connectivity index (χ0n) is 15.3. The summed E-state index contributed by atoms with van der Waals surface area (Å²) in [6, 6.07) is 3.01. The van der Waals surface area contributed by atoms with E-state index in [0.717, 1.165) is 18.2 Å². The molecule has 1 aromatic heterocycles. The lowest BCUT2D eigenvalue weighted by atomic mass is 9.99. The third-order valence-electron chi connectivity index (χ3n) is 5.18. The monoisotopic (exact) mass is 415 g/mol. The van der Waals surface area contributed by atoms with Crippen LogP contribution in [0.3, 0.4) is 0 Å². The molecule has 3 aromatic rings. The van der Waals surface area contributed by atoms with E-state index in [4.69, 9.17) is 9.52 Å². The largest absolute Gasteiger partial charge is 0.507 e. The van der Waals surface area contributed by atoms with Crippen molar-refractivity contribution >= 4 is 16.9 Å². The summed E-state index contributed by atoms with van der Waals surface area (Å²) < 4.78 is 5.52. The Balaban J connectivity index is 1.89. The van der Waals surface area contributed by atoms with Crippen LogP contribution in [0.15, 0.2) is 33.5 Å². The highest BCUT2D eigenvalue weighted by atomic mass is 16.4. The molecule has 30 heavy (non-hydrogen) atoms. The number of aliphatic carboxylic acids is 1. The molecule has 0 saturated carbocycles. The zero-order chi connectivity index (χ0) is 21.7. The topological polar surface area (TPSA) is 181 Å². The number of benzene rings is 2. The fraction of sp³-hybridized carbons (Fsp3) is 0.200. The van der Waals surface area contributed by atoms with Gasteiger partial charge in [0.15, 0.2) is 17.3 Å². The molecule has 1 saturated heterocycles. The van der Waals surface area contributed by atoms with E-state index in [1.165, 1.54) is 6.07 Å². The highest BCUT2D eigenvalue weighted by molar-refractivity contribution is 5.90. The minimum absolute atomic E-state index is 0.0621. The molecule has 0 radical (unpaired) electrons. The Kier molecular flexibility index (Phi) is 4.43. The zero-order valence-corrected chi connectivity index (χ0v) is 15.3. The van der Waals surface area contributed by atoms with Gasteiger partial charge in [0.2, 0.25) is 11.2 Å². The second-order valence-corrected chi connectivity index (χ2v) is 7.03. The van der Waals surface area contributed by atoms with Gasteiger partial charge in [0.05, 0.1) is 5.56 Å². The highest BCUT2D eigenvalue weighted by Gasteiger charge is 2.34. The van der Waals surface area contributed by atoms with Crippen LogP contribution in [-0.4, -0.2) is 42.7 Å². The summed E-state index contributed by atoms with van der Waals surface area (Å²) in [5, 5.41) is 62.1. The van der Waals surface area contributed by atoms with Crippen LogP contribution in [0.2, 0.25) is 0 Å². The third-order valence-corrected chi connectivity index (χ3v) is 5.18. The molecule has 156 valence electrons. The lowest BCUT2D eigenvalue weighted by molar-refractivity contribution is -0.139. The lowest BCUT2D eigenvalue weighted by Gasteiger charge is -2.17. The molecular formula is C20H17NO9. The van der Waals surface area contributed by atoms with E-state index >= 15 is 0 Å². The van der Waals surface area contributed by atoms with Crippen LogP contribution in [0.5, 0.6) is 28.7 Å². The Bertz CT molecular complexity index is 1250. The van der Waals surface area contributed by atoms with Gasteiger partial charge in [-0.15, -0.1) is 0 Å². The molecule has 1 aliphatic rings. The molecule has 1 fully saturated rings. The van der Waals surface area contributed by atoms with E-state index in [2.05, 4.69) is 5.32 Å². The first kappa shape index (κ1) is 19.4. The van der Waals surface area contributed by atoms with Gasteiger partial charge in [0, 0.05) is 17.7 Å². The molecule has 7 N–H and O–H groups in total. The van der Waals surface area contributed by atoms with Crippen molar-refractivity contribution in [3.63, 3.8) is 0 Å². The summed E-state index contributed by atoms with van der Waals surface area (Å²) in [5.41, 5.74) is -1.20. The number of hydrogen-bond donors (Lipinski definition) is 7. The normalized spacial score (nSPS) is 18.7. The van der Waals surface area contributed by atoms with E-state index in [-0.39, 0.29) is 34.3 Å². The molecule has 0 amide bonds. The maximum atomic E-state index is 12.8. The van der Waals surface area contributed by atoms with E-state index in [1.807, 2.05) is 0 Å². The molecule has 0 bridgehead atoms. The summed E-state index contributed by atoms with van der Waals surface area (Å²) >= 11 is 0. The number of phenols is 4. The van der Waals surface area contributed by atoms with Crippen LogP contribution in [0.1, 0.15) is 24.4 Å². The quantitative estimate of drug-likeness (QED) is 0.312. The van der Waals surface area contributed by atoms with Crippen molar-refractivity contribution in [3.05, 3.63) is 40.1 Å². The third kappa shape index (κ3) is 2.94. The molecule has 0 unspecified atom stereocenters. The number of rotatable bonds is 3. The number of hydrogen-bond acceptors (Lipinski definition) is 9. The van der Waals surface area contributed by atoms with Crippen LogP contribution in [0, 0.1) is 0 Å². The van der Waals surface area contributed by atoms with Gasteiger partial charge in [-0.25, -0.2) is 0 Å². The molecule has 10 heteroatoms. The van der Waals surface area contributed by atoms with Crippen molar-refractivity contribution in [2.45, 2.75) is 24.9 Å². The van der Waals surface area contributed by atoms with Crippen molar-refractivity contribution in [1.29, 1.82) is 0 Å². The SMILES string of the molecule is O=C(O)[C@@H]1CC[C@@H](c2c(O)cc3oc(-c4ccc(O)c(O)c4)c(O)c(=O)c3c2O)N1. The Labute approximate surface area is 167 Å². The molecule has 2 atom stereocenters. The van der Waals surface area contributed by atoms with Crippen LogP contribution < -0.4 is 10.7 Å².